The summed E-state index contributed by atoms with van der Waals surface area (Å²) >= 11 is 13.3. The number of aromatic nitrogens is 4. The van der Waals surface area contributed by atoms with Crippen molar-refractivity contribution in [1.29, 1.82) is 0 Å². The molecule has 2 heterocycles. The average molecular weight is 515 g/mol. The minimum atomic E-state index is -0.382. The van der Waals surface area contributed by atoms with Gasteiger partial charge in [-0.05, 0) is 19.7 Å². The molecule has 2 aromatic heterocycles. The van der Waals surface area contributed by atoms with Gasteiger partial charge in [0.25, 0.3) is 5.91 Å². The maximum Gasteiger partial charge on any atom is 0.260 e. The van der Waals surface area contributed by atoms with E-state index in [1.807, 2.05) is 7.05 Å². The number of methoxy groups -OCH3 is 2. The molecule has 9 nitrogen and oxygen atoms in total. The second-order valence-corrected chi connectivity index (χ2v) is 8.48. The molecule has 0 aliphatic heterocycles. The lowest BCUT2D eigenvalue weighted by atomic mass is 9.99. The van der Waals surface area contributed by atoms with E-state index in [1.54, 1.807) is 24.4 Å². The normalized spacial score (nSPS) is 11.2. The van der Waals surface area contributed by atoms with E-state index in [4.69, 9.17) is 32.7 Å². The van der Waals surface area contributed by atoms with Gasteiger partial charge in [-0.25, -0.2) is 4.98 Å². The Morgan fingerprint density at radius 3 is 2.37 bits per heavy atom. The van der Waals surface area contributed by atoms with Gasteiger partial charge in [0.05, 0.1) is 41.0 Å². The molecule has 0 saturated carbocycles. The van der Waals surface area contributed by atoms with Crippen molar-refractivity contribution in [3.63, 3.8) is 0 Å². The minimum Gasteiger partial charge on any atom is -0.495 e. The molecule has 4 aromatic rings. The molecule has 182 valence electrons. The molecule has 11 heteroatoms. The number of benzene rings is 2. The highest BCUT2D eigenvalue weighted by molar-refractivity contribution is 6.41. The first-order valence-electron chi connectivity index (χ1n) is 10.8. The fourth-order valence-corrected chi connectivity index (χ4v) is 4.34. The van der Waals surface area contributed by atoms with Crippen molar-refractivity contribution in [2.75, 3.05) is 33.1 Å². The molecule has 0 saturated heterocycles. The number of fused-ring (bicyclic) bond motifs is 1. The predicted octanol–water partition coefficient (Wildman–Crippen LogP) is 5.05. The number of H-pyrrole nitrogens is 1. The second-order valence-electron chi connectivity index (χ2n) is 7.72. The lowest BCUT2D eigenvalue weighted by Gasteiger charge is -2.16. The number of anilines is 1. The number of carbonyl (C=O) groups excluding carboxylic acids is 1. The topological polar surface area (TPSA) is 105 Å². The van der Waals surface area contributed by atoms with Crippen molar-refractivity contribution < 1.29 is 14.3 Å². The number of nitrogens with one attached hydrogen (secondary N) is 2. The molecule has 1 amide bonds. The number of halogens is 2. The Labute approximate surface area is 212 Å². The van der Waals surface area contributed by atoms with Crippen LogP contribution in [0.4, 0.5) is 5.95 Å². The predicted molar refractivity (Wildman–Crippen MR) is 137 cm³/mol. The van der Waals surface area contributed by atoms with Gasteiger partial charge in [0.2, 0.25) is 5.95 Å². The molecular formula is C24H24Cl2N6O3. The molecule has 0 fully saturated rings. The summed E-state index contributed by atoms with van der Waals surface area (Å²) in [6.07, 6.45) is 4.82. The highest BCUT2D eigenvalue weighted by atomic mass is 35.5. The standard InChI is InChI=1S/C24H24Cl2N6O3/c1-5-32(2)12-13-11-29-24(30-13)31-23(33)15-7-6-14(21-22(15)28-9-8-27-21)18-19(25)16(34-3)10-17(35-4)20(18)26/h6-11H,5,12H2,1-4H3,(H2,29,30,31,33). The lowest BCUT2D eigenvalue weighted by Crippen LogP contribution is -2.17. The number of hydrogen-bond acceptors (Lipinski definition) is 7. The van der Waals surface area contributed by atoms with E-state index >= 15 is 0 Å². The van der Waals surface area contributed by atoms with E-state index in [-0.39, 0.29) is 5.91 Å². The van der Waals surface area contributed by atoms with Crippen LogP contribution in [0, 0.1) is 0 Å². The molecule has 0 radical (unpaired) electrons. The summed E-state index contributed by atoms with van der Waals surface area (Å²) in [4.78, 5) is 31.6. The number of carbonyl (C=O) groups is 1. The highest BCUT2D eigenvalue weighted by Crippen LogP contribution is 2.47. The molecule has 0 atom stereocenters. The van der Waals surface area contributed by atoms with Gasteiger partial charge < -0.3 is 19.4 Å². The third-order valence-corrected chi connectivity index (χ3v) is 6.30. The second kappa shape index (κ2) is 10.5. The summed E-state index contributed by atoms with van der Waals surface area (Å²) < 4.78 is 10.8. The summed E-state index contributed by atoms with van der Waals surface area (Å²) in [5.74, 6) is 0.750. The SMILES string of the molecule is CCN(C)Cc1c[nH]c(NC(=O)c2ccc(-c3c(Cl)c(OC)cc(OC)c3Cl)c3nccnc23)n1. The van der Waals surface area contributed by atoms with Crippen LogP contribution in [0.2, 0.25) is 10.0 Å². The minimum absolute atomic E-state index is 0.294. The van der Waals surface area contributed by atoms with Crippen molar-refractivity contribution in [1.82, 2.24) is 24.8 Å². The molecule has 0 aliphatic carbocycles. The van der Waals surface area contributed by atoms with Crippen LogP contribution in [-0.2, 0) is 6.54 Å². The first kappa shape index (κ1) is 24.7. The van der Waals surface area contributed by atoms with Crippen LogP contribution >= 0.6 is 23.2 Å². The highest BCUT2D eigenvalue weighted by Gasteiger charge is 2.23. The zero-order chi connectivity index (χ0) is 25.1. The van der Waals surface area contributed by atoms with Crippen LogP contribution in [-0.4, -0.2) is 58.6 Å². The molecule has 35 heavy (non-hydrogen) atoms. The molecule has 0 unspecified atom stereocenters. The first-order chi connectivity index (χ1) is 16.9. The van der Waals surface area contributed by atoms with Gasteiger partial charge in [-0.3, -0.25) is 20.1 Å². The molecule has 4 rings (SSSR count). The van der Waals surface area contributed by atoms with E-state index in [2.05, 4.69) is 37.1 Å². The van der Waals surface area contributed by atoms with E-state index in [9.17, 15) is 4.79 Å². The van der Waals surface area contributed by atoms with Gasteiger partial charge in [0.15, 0.2) is 0 Å². The zero-order valence-corrected chi connectivity index (χ0v) is 21.2. The number of nitrogens with zero attached hydrogens (tertiary/aromatic N) is 4. The number of amides is 1. The van der Waals surface area contributed by atoms with Gasteiger partial charge in [0, 0.05) is 42.3 Å². The summed E-state index contributed by atoms with van der Waals surface area (Å²) in [5, 5.41) is 3.38. The van der Waals surface area contributed by atoms with Gasteiger partial charge >= 0.3 is 0 Å². The Bertz CT molecular complexity index is 1360. The number of hydrogen-bond donors (Lipinski definition) is 2. The fraction of sp³-hybridized carbons (Fsp3) is 0.250. The third kappa shape index (κ3) is 4.88. The number of rotatable bonds is 8. The van der Waals surface area contributed by atoms with Gasteiger partial charge in [-0.1, -0.05) is 36.2 Å². The monoisotopic (exact) mass is 514 g/mol. The Hall–Kier alpha value is -3.40. The Morgan fingerprint density at radius 1 is 1.09 bits per heavy atom. The lowest BCUT2D eigenvalue weighted by molar-refractivity contribution is 0.102. The largest absolute Gasteiger partial charge is 0.495 e. The van der Waals surface area contributed by atoms with E-state index in [0.717, 1.165) is 12.2 Å². The van der Waals surface area contributed by atoms with Crippen LogP contribution in [0.5, 0.6) is 11.5 Å². The van der Waals surface area contributed by atoms with E-state index < -0.39 is 0 Å². The number of imidazole rings is 1. The summed E-state index contributed by atoms with van der Waals surface area (Å²) in [7, 11) is 5.00. The third-order valence-electron chi connectivity index (χ3n) is 5.55. The van der Waals surface area contributed by atoms with E-state index in [1.165, 1.54) is 26.6 Å². The maximum absolute atomic E-state index is 13.2. The first-order valence-corrected chi connectivity index (χ1v) is 11.5. The molecule has 2 aromatic carbocycles. The van der Waals surface area contributed by atoms with Crippen LogP contribution in [0.3, 0.4) is 0 Å². The van der Waals surface area contributed by atoms with Crippen molar-refractivity contribution in [3.05, 3.63) is 58.1 Å². The van der Waals surface area contributed by atoms with Crippen molar-refractivity contribution in [2.24, 2.45) is 0 Å². The summed E-state index contributed by atoms with van der Waals surface area (Å²) in [6.45, 7) is 3.61. The zero-order valence-electron chi connectivity index (χ0n) is 19.6. The van der Waals surface area contributed by atoms with Gasteiger partial charge in [-0.2, -0.15) is 0 Å². The van der Waals surface area contributed by atoms with Crippen molar-refractivity contribution in [3.8, 4) is 22.6 Å². The Morgan fingerprint density at radius 2 is 1.74 bits per heavy atom. The van der Waals surface area contributed by atoms with E-state index in [0.29, 0.717) is 61.8 Å². The van der Waals surface area contributed by atoms with Crippen LogP contribution in [0.15, 0.2) is 36.8 Å². The Kier molecular flexibility index (Phi) is 7.39. The van der Waals surface area contributed by atoms with Gasteiger partial charge in [-0.15, -0.1) is 0 Å². The van der Waals surface area contributed by atoms with Crippen molar-refractivity contribution in [2.45, 2.75) is 13.5 Å². The van der Waals surface area contributed by atoms with Crippen LogP contribution in [0.1, 0.15) is 23.0 Å². The summed E-state index contributed by atoms with van der Waals surface area (Å²) in [6, 6.07) is 4.98. The van der Waals surface area contributed by atoms with Crippen LogP contribution in [0.25, 0.3) is 22.2 Å². The molecular weight excluding hydrogens is 491 g/mol. The van der Waals surface area contributed by atoms with Crippen molar-refractivity contribution >= 4 is 46.1 Å². The molecule has 0 bridgehead atoms. The number of ether oxygens (including phenoxy) is 2. The maximum atomic E-state index is 13.2. The fourth-order valence-electron chi connectivity index (χ4n) is 3.63. The van der Waals surface area contributed by atoms with Crippen LogP contribution < -0.4 is 14.8 Å². The molecule has 0 spiro atoms. The summed E-state index contributed by atoms with van der Waals surface area (Å²) in [5.41, 5.74) is 3.03. The Balaban J connectivity index is 1.75. The number of aromatic amines is 1. The molecule has 0 aliphatic rings. The van der Waals surface area contributed by atoms with Gasteiger partial charge in [0.1, 0.15) is 17.0 Å². The quantitative estimate of drug-likeness (QED) is 0.339. The average Bonchev–Trinajstić information content (AvgIpc) is 3.30. The molecule has 2 N–H and O–H groups in total. The smallest absolute Gasteiger partial charge is 0.260 e.